The summed E-state index contributed by atoms with van der Waals surface area (Å²) in [6, 6.07) is 12.5. The highest BCUT2D eigenvalue weighted by molar-refractivity contribution is 6.04. The number of benzene rings is 2. The number of aryl methyl sites for hydroxylation is 1. The largest absolute Gasteiger partial charge is 0.493 e. The molecule has 0 saturated heterocycles. The van der Waals surface area contributed by atoms with Crippen molar-refractivity contribution in [2.45, 2.75) is 12.8 Å². The molecule has 2 amide bonds. The Morgan fingerprint density at radius 1 is 1.03 bits per heavy atom. The van der Waals surface area contributed by atoms with Crippen molar-refractivity contribution < 1.29 is 23.5 Å². The Bertz CT molecular complexity index is 1060. The number of nitrogens with one attached hydrogen (secondary N) is 1. The van der Waals surface area contributed by atoms with Gasteiger partial charge in [-0.1, -0.05) is 18.2 Å². The fraction of sp³-hybridized carbons (Fsp3) is 0.273. The topological polar surface area (TPSA) is 107 Å². The Morgan fingerprint density at radius 3 is 2.35 bits per heavy atom. The zero-order valence-electron chi connectivity index (χ0n) is 17.8. The van der Waals surface area contributed by atoms with Crippen LogP contribution in [0, 0.1) is 0 Å². The van der Waals surface area contributed by atoms with Crippen molar-refractivity contribution in [1.29, 1.82) is 0 Å². The molecular formula is C22H24N4O5. The van der Waals surface area contributed by atoms with Crippen LogP contribution < -0.4 is 14.8 Å². The molecule has 0 fully saturated rings. The van der Waals surface area contributed by atoms with Gasteiger partial charge in [0, 0.05) is 38.6 Å². The van der Waals surface area contributed by atoms with Gasteiger partial charge < -0.3 is 24.1 Å². The molecule has 3 aromatic rings. The summed E-state index contributed by atoms with van der Waals surface area (Å²) in [4.78, 5) is 26.6. The van der Waals surface area contributed by atoms with Crippen LogP contribution >= 0.6 is 0 Å². The monoisotopic (exact) mass is 424 g/mol. The molecular weight excluding hydrogens is 400 g/mol. The molecule has 0 aliphatic heterocycles. The number of aromatic nitrogens is 2. The van der Waals surface area contributed by atoms with Gasteiger partial charge in [0.25, 0.3) is 5.91 Å². The standard InChI is InChI=1S/C22H24N4O5/c1-26(2)22(28)15-12-17(29-3)18(30-4)13-16(15)23-19(27)10-11-20-24-25-21(31-20)14-8-6-5-7-9-14/h5-9,12-13H,10-11H2,1-4H3,(H,23,27). The molecule has 2 aromatic carbocycles. The lowest BCUT2D eigenvalue weighted by Crippen LogP contribution is -2.24. The Kier molecular flexibility index (Phi) is 6.86. The van der Waals surface area contributed by atoms with E-state index in [1.807, 2.05) is 30.3 Å². The lowest BCUT2D eigenvalue weighted by molar-refractivity contribution is -0.116. The van der Waals surface area contributed by atoms with Gasteiger partial charge in [-0.2, -0.15) is 0 Å². The minimum Gasteiger partial charge on any atom is -0.493 e. The van der Waals surface area contributed by atoms with Gasteiger partial charge in [0.15, 0.2) is 11.5 Å². The number of hydrogen-bond acceptors (Lipinski definition) is 7. The van der Waals surface area contributed by atoms with Crippen LogP contribution in [0.2, 0.25) is 0 Å². The minimum absolute atomic E-state index is 0.0976. The molecule has 31 heavy (non-hydrogen) atoms. The number of ether oxygens (including phenoxy) is 2. The lowest BCUT2D eigenvalue weighted by Gasteiger charge is -2.17. The van der Waals surface area contributed by atoms with E-state index in [4.69, 9.17) is 13.9 Å². The molecule has 0 aliphatic carbocycles. The van der Waals surface area contributed by atoms with E-state index in [1.165, 1.54) is 19.1 Å². The number of nitrogens with zero attached hydrogens (tertiary/aromatic N) is 3. The van der Waals surface area contributed by atoms with Gasteiger partial charge in [0.1, 0.15) is 0 Å². The Morgan fingerprint density at radius 2 is 1.71 bits per heavy atom. The van der Waals surface area contributed by atoms with Crippen molar-refractivity contribution in [2.75, 3.05) is 33.6 Å². The summed E-state index contributed by atoms with van der Waals surface area (Å²) in [5.41, 5.74) is 1.43. The summed E-state index contributed by atoms with van der Waals surface area (Å²) in [6.45, 7) is 0. The SMILES string of the molecule is COc1cc(NC(=O)CCc2nnc(-c3ccccc3)o2)c(C(=O)N(C)C)cc1OC. The number of methoxy groups -OCH3 is 2. The predicted molar refractivity (Wildman–Crippen MR) is 114 cm³/mol. The maximum atomic E-state index is 12.6. The molecule has 3 rings (SSSR count). The Balaban J connectivity index is 1.72. The highest BCUT2D eigenvalue weighted by Gasteiger charge is 2.20. The second-order valence-electron chi connectivity index (χ2n) is 6.87. The first-order valence-electron chi connectivity index (χ1n) is 9.58. The second kappa shape index (κ2) is 9.75. The highest BCUT2D eigenvalue weighted by atomic mass is 16.5. The third-order valence-corrected chi connectivity index (χ3v) is 4.49. The fourth-order valence-electron chi connectivity index (χ4n) is 2.89. The van der Waals surface area contributed by atoms with Gasteiger partial charge in [0.2, 0.25) is 17.7 Å². The van der Waals surface area contributed by atoms with Gasteiger partial charge >= 0.3 is 0 Å². The smallest absolute Gasteiger partial charge is 0.255 e. The van der Waals surface area contributed by atoms with Crippen LogP contribution in [0.3, 0.4) is 0 Å². The van der Waals surface area contributed by atoms with Crippen molar-refractivity contribution in [3.63, 3.8) is 0 Å². The van der Waals surface area contributed by atoms with Crippen molar-refractivity contribution >= 4 is 17.5 Å². The van der Waals surface area contributed by atoms with Gasteiger partial charge in [0.05, 0.1) is 25.5 Å². The first-order valence-corrected chi connectivity index (χ1v) is 9.58. The molecule has 0 spiro atoms. The fourth-order valence-corrected chi connectivity index (χ4v) is 2.89. The summed E-state index contributed by atoms with van der Waals surface area (Å²) in [7, 11) is 6.22. The maximum Gasteiger partial charge on any atom is 0.255 e. The molecule has 0 aliphatic rings. The average molecular weight is 424 g/mol. The predicted octanol–water partition coefficient (Wildman–Crippen LogP) is 3.03. The number of hydrogen-bond donors (Lipinski definition) is 1. The summed E-state index contributed by atoms with van der Waals surface area (Å²) < 4.78 is 16.2. The molecule has 0 radical (unpaired) electrons. The first kappa shape index (κ1) is 21.8. The molecule has 0 unspecified atom stereocenters. The molecule has 162 valence electrons. The average Bonchev–Trinajstić information content (AvgIpc) is 3.26. The van der Waals surface area contributed by atoms with Gasteiger partial charge in [-0.05, 0) is 18.2 Å². The van der Waals surface area contributed by atoms with Gasteiger partial charge in [-0.25, -0.2) is 0 Å². The van der Waals surface area contributed by atoms with E-state index in [0.717, 1.165) is 5.56 Å². The quantitative estimate of drug-likeness (QED) is 0.592. The number of amides is 2. The van der Waals surface area contributed by atoms with Crippen molar-refractivity contribution in [3.05, 3.63) is 53.9 Å². The molecule has 1 N–H and O–H groups in total. The van der Waals surface area contributed by atoms with Crippen LogP contribution in [0.15, 0.2) is 46.9 Å². The number of anilines is 1. The third kappa shape index (κ3) is 5.19. The normalized spacial score (nSPS) is 10.5. The van der Waals surface area contributed by atoms with E-state index in [0.29, 0.717) is 34.5 Å². The van der Waals surface area contributed by atoms with E-state index in [9.17, 15) is 9.59 Å². The van der Waals surface area contributed by atoms with E-state index in [-0.39, 0.29) is 24.7 Å². The maximum absolute atomic E-state index is 12.6. The minimum atomic E-state index is -0.306. The second-order valence-corrected chi connectivity index (χ2v) is 6.87. The third-order valence-electron chi connectivity index (χ3n) is 4.49. The van der Waals surface area contributed by atoms with E-state index in [1.54, 1.807) is 26.2 Å². The van der Waals surface area contributed by atoms with Gasteiger partial charge in [-0.3, -0.25) is 9.59 Å². The number of carbonyl (C=O) groups excluding carboxylic acids is 2. The van der Waals surface area contributed by atoms with Crippen LogP contribution in [0.1, 0.15) is 22.7 Å². The Hall–Kier alpha value is -3.88. The molecule has 1 heterocycles. The molecule has 0 saturated carbocycles. The van der Waals surface area contributed by atoms with Crippen LogP contribution in [0.25, 0.3) is 11.5 Å². The van der Waals surface area contributed by atoms with E-state index >= 15 is 0 Å². The van der Waals surface area contributed by atoms with Crippen LogP contribution in [-0.4, -0.2) is 55.2 Å². The summed E-state index contributed by atoms with van der Waals surface area (Å²) in [5.74, 6) is 0.961. The van der Waals surface area contributed by atoms with Crippen LogP contribution in [0.4, 0.5) is 5.69 Å². The van der Waals surface area contributed by atoms with E-state index in [2.05, 4.69) is 15.5 Å². The van der Waals surface area contributed by atoms with Crippen molar-refractivity contribution in [1.82, 2.24) is 15.1 Å². The molecule has 9 nitrogen and oxygen atoms in total. The highest BCUT2D eigenvalue weighted by Crippen LogP contribution is 2.34. The number of rotatable bonds is 8. The summed E-state index contributed by atoms with van der Waals surface area (Å²) >= 11 is 0. The van der Waals surface area contributed by atoms with Gasteiger partial charge in [-0.15, -0.1) is 10.2 Å². The zero-order valence-corrected chi connectivity index (χ0v) is 17.8. The van der Waals surface area contributed by atoms with Crippen molar-refractivity contribution in [3.8, 4) is 23.0 Å². The molecule has 0 atom stereocenters. The number of carbonyl (C=O) groups is 2. The van der Waals surface area contributed by atoms with E-state index < -0.39 is 0 Å². The summed E-state index contributed by atoms with van der Waals surface area (Å²) in [5, 5.41) is 10.8. The molecule has 0 bridgehead atoms. The van der Waals surface area contributed by atoms with Crippen LogP contribution in [-0.2, 0) is 11.2 Å². The molecule has 1 aromatic heterocycles. The zero-order chi connectivity index (χ0) is 22.4. The van der Waals surface area contributed by atoms with Crippen molar-refractivity contribution in [2.24, 2.45) is 0 Å². The summed E-state index contributed by atoms with van der Waals surface area (Å²) in [6.07, 6.45) is 0.357. The molecule has 9 heteroatoms. The van der Waals surface area contributed by atoms with Crippen LogP contribution in [0.5, 0.6) is 11.5 Å². The first-order chi connectivity index (χ1) is 14.9. The lowest BCUT2D eigenvalue weighted by atomic mass is 10.1. The Labute approximate surface area is 180 Å².